The number of rotatable bonds is 0. The minimum absolute atomic E-state index is 0.222. The standard InChI is InChI=1S/C4H5OS2/c1-3-2-6-4(5)7-3/h3H,1-2H2. The van der Waals surface area contributed by atoms with Gasteiger partial charge in [0.1, 0.15) is 0 Å². The third-order valence-corrected chi connectivity index (χ3v) is 3.00. The molecule has 1 saturated heterocycles. The first kappa shape index (κ1) is 5.51. The van der Waals surface area contributed by atoms with Crippen molar-refractivity contribution in [2.24, 2.45) is 0 Å². The van der Waals surface area contributed by atoms with Gasteiger partial charge < -0.3 is 0 Å². The largest absolute Gasteiger partial charge is 0.274 e. The summed E-state index contributed by atoms with van der Waals surface area (Å²) >= 11 is 2.70. The Balaban J connectivity index is 2.40. The Bertz CT molecular complexity index is 91.7. The van der Waals surface area contributed by atoms with Gasteiger partial charge in [-0.25, -0.2) is 0 Å². The molecule has 0 aromatic carbocycles. The predicted octanol–water partition coefficient (Wildman–Crippen LogP) is 1.79. The molecule has 1 nitrogen and oxygen atoms in total. The van der Waals surface area contributed by atoms with Crippen molar-refractivity contribution in [2.45, 2.75) is 5.25 Å². The fourth-order valence-corrected chi connectivity index (χ4v) is 2.32. The van der Waals surface area contributed by atoms with E-state index in [0.717, 1.165) is 5.75 Å². The first-order valence-corrected chi connectivity index (χ1v) is 3.82. The lowest BCUT2D eigenvalue weighted by Crippen LogP contribution is -1.89. The molecule has 39 valence electrons. The van der Waals surface area contributed by atoms with Gasteiger partial charge in [0.25, 0.3) is 0 Å². The summed E-state index contributed by atoms with van der Waals surface area (Å²) in [5.74, 6) is 0.892. The molecule has 1 aliphatic rings. The third kappa shape index (κ3) is 1.39. The van der Waals surface area contributed by atoms with Crippen molar-refractivity contribution in [3.8, 4) is 0 Å². The lowest BCUT2D eigenvalue weighted by atomic mass is 10.6. The molecular formula is C4H5OS2. The number of hydrogen-bond donors (Lipinski definition) is 0. The molecule has 3 heteroatoms. The lowest BCUT2D eigenvalue weighted by molar-refractivity contribution is 0.277. The molecule has 0 aliphatic carbocycles. The van der Waals surface area contributed by atoms with Crippen LogP contribution >= 0.6 is 23.5 Å². The van der Waals surface area contributed by atoms with E-state index in [0.29, 0.717) is 5.25 Å². The van der Waals surface area contributed by atoms with Gasteiger partial charge in [0, 0.05) is 11.0 Å². The van der Waals surface area contributed by atoms with Crippen LogP contribution in [0.25, 0.3) is 0 Å². The van der Waals surface area contributed by atoms with Gasteiger partial charge >= 0.3 is 0 Å². The molecule has 1 rings (SSSR count). The zero-order chi connectivity index (χ0) is 5.28. The molecular weight excluding hydrogens is 128 g/mol. The Morgan fingerprint density at radius 2 is 2.57 bits per heavy atom. The summed E-state index contributed by atoms with van der Waals surface area (Å²) in [4.78, 5) is 10.3. The monoisotopic (exact) mass is 133 g/mol. The highest BCUT2D eigenvalue weighted by molar-refractivity contribution is 8.41. The minimum atomic E-state index is 0.222. The highest BCUT2D eigenvalue weighted by atomic mass is 32.2. The van der Waals surface area contributed by atoms with E-state index < -0.39 is 0 Å². The van der Waals surface area contributed by atoms with Crippen LogP contribution in [0.4, 0.5) is 4.79 Å². The van der Waals surface area contributed by atoms with E-state index in [1.807, 2.05) is 0 Å². The van der Waals surface area contributed by atoms with E-state index in [4.69, 9.17) is 0 Å². The van der Waals surface area contributed by atoms with Crippen LogP contribution < -0.4 is 0 Å². The van der Waals surface area contributed by atoms with E-state index in [1.165, 1.54) is 23.5 Å². The molecule has 0 amide bonds. The van der Waals surface area contributed by atoms with Gasteiger partial charge in [-0.3, -0.25) is 4.79 Å². The van der Waals surface area contributed by atoms with Crippen LogP contribution in [0.1, 0.15) is 0 Å². The van der Waals surface area contributed by atoms with Gasteiger partial charge in [0.15, 0.2) is 0 Å². The smallest absolute Gasteiger partial charge is 0.246 e. The van der Waals surface area contributed by atoms with E-state index in [2.05, 4.69) is 6.92 Å². The zero-order valence-electron chi connectivity index (χ0n) is 3.72. The van der Waals surface area contributed by atoms with Crippen molar-refractivity contribution in [1.29, 1.82) is 0 Å². The number of hydrogen-bond acceptors (Lipinski definition) is 3. The van der Waals surface area contributed by atoms with Gasteiger partial charge in [-0.15, -0.1) is 0 Å². The number of thioether (sulfide) groups is 2. The molecule has 1 unspecified atom stereocenters. The average Bonchev–Trinajstić information content (AvgIpc) is 1.87. The molecule has 1 fully saturated rings. The van der Waals surface area contributed by atoms with Crippen molar-refractivity contribution >= 4 is 28.0 Å². The maximum Gasteiger partial charge on any atom is 0.246 e. The molecule has 0 aromatic rings. The van der Waals surface area contributed by atoms with Crippen molar-refractivity contribution in [1.82, 2.24) is 0 Å². The second-order valence-electron chi connectivity index (χ2n) is 1.30. The quantitative estimate of drug-likeness (QED) is 0.501. The molecule has 0 spiro atoms. The molecule has 1 heterocycles. The van der Waals surface area contributed by atoms with Crippen LogP contribution in [0, 0.1) is 6.92 Å². The molecule has 1 radical (unpaired) electrons. The summed E-state index contributed by atoms with van der Waals surface area (Å²) in [6.07, 6.45) is 0. The Hall–Kier alpha value is 0.370. The average molecular weight is 133 g/mol. The molecule has 1 aliphatic heterocycles. The van der Waals surface area contributed by atoms with Gasteiger partial charge in [-0.05, 0) is 6.92 Å². The van der Waals surface area contributed by atoms with Gasteiger partial charge in [-0.2, -0.15) is 0 Å². The highest BCUT2D eigenvalue weighted by Gasteiger charge is 2.18. The second kappa shape index (κ2) is 2.09. The highest BCUT2D eigenvalue weighted by Crippen LogP contribution is 2.31. The summed E-state index contributed by atoms with van der Waals surface area (Å²) in [7, 11) is 0. The van der Waals surface area contributed by atoms with Gasteiger partial charge in [-0.1, -0.05) is 23.5 Å². The molecule has 0 N–H and O–H groups in total. The van der Waals surface area contributed by atoms with Crippen LogP contribution in [-0.2, 0) is 0 Å². The zero-order valence-corrected chi connectivity index (χ0v) is 5.35. The SMILES string of the molecule is [CH2]C1CSC(=O)S1. The summed E-state index contributed by atoms with van der Waals surface area (Å²) in [5, 5.41) is 0.303. The summed E-state index contributed by atoms with van der Waals surface area (Å²) in [6, 6.07) is 0. The summed E-state index contributed by atoms with van der Waals surface area (Å²) in [5.41, 5.74) is 0. The predicted molar refractivity (Wildman–Crippen MR) is 34.6 cm³/mol. The maximum absolute atomic E-state index is 10.3. The normalized spacial score (nSPS) is 31.6. The first-order chi connectivity index (χ1) is 3.29. The Morgan fingerprint density at radius 3 is 2.71 bits per heavy atom. The van der Waals surface area contributed by atoms with Crippen molar-refractivity contribution in [2.75, 3.05) is 5.75 Å². The van der Waals surface area contributed by atoms with E-state index >= 15 is 0 Å². The van der Waals surface area contributed by atoms with Crippen molar-refractivity contribution < 1.29 is 4.79 Å². The van der Waals surface area contributed by atoms with E-state index in [1.54, 1.807) is 0 Å². The first-order valence-electron chi connectivity index (χ1n) is 1.95. The number of carbonyl (C=O) groups is 1. The van der Waals surface area contributed by atoms with Crippen LogP contribution in [-0.4, -0.2) is 15.5 Å². The second-order valence-corrected chi connectivity index (χ2v) is 3.83. The third-order valence-electron chi connectivity index (χ3n) is 0.650. The molecule has 7 heavy (non-hydrogen) atoms. The Kier molecular flexibility index (Phi) is 1.65. The van der Waals surface area contributed by atoms with Crippen LogP contribution in [0.3, 0.4) is 0 Å². The van der Waals surface area contributed by atoms with Crippen molar-refractivity contribution in [3.63, 3.8) is 0 Å². The molecule has 0 bridgehead atoms. The molecule has 0 aromatic heterocycles. The fourth-order valence-electron chi connectivity index (χ4n) is 0.365. The van der Waals surface area contributed by atoms with Crippen LogP contribution in [0.5, 0.6) is 0 Å². The maximum atomic E-state index is 10.3. The fraction of sp³-hybridized carbons (Fsp3) is 0.500. The van der Waals surface area contributed by atoms with Crippen molar-refractivity contribution in [3.05, 3.63) is 6.92 Å². The van der Waals surface area contributed by atoms with Crippen LogP contribution in [0.2, 0.25) is 0 Å². The summed E-state index contributed by atoms with van der Waals surface area (Å²) < 4.78 is 0.222. The van der Waals surface area contributed by atoms with E-state index in [-0.39, 0.29) is 4.45 Å². The Labute approximate surface area is 51.2 Å². The number of carbonyl (C=O) groups excluding carboxylic acids is 1. The van der Waals surface area contributed by atoms with E-state index in [9.17, 15) is 4.79 Å². The summed E-state index contributed by atoms with van der Waals surface area (Å²) in [6.45, 7) is 3.71. The topological polar surface area (TPSA) is 17.1 Å². The van der Waals surface area contributed by atoms with Crippen LogP contribution in [0.15, 0.2) is 0 Å². The lowest BCUT2D eigenvalue weighted by Gasteiger charge is -1.87. The Morgan fingerprint density at radius 1 is 1.86 bits per heavy atom. The molecule has 1 atom stereocenters. The molecule has 0 saturated carbocycles. The minimum Gasteiger partial charge on any atom is -0.274 e. The van der Waals surface area contributed by atoms with Gasteiger partial charge in [0.2, 0.25) is 4.45 Å². The van der Waals surface area contributed by atoms with Gasteiger partial charge in [0.05, 0.1) is 0 Å².